The van der Waals surface area contributed by atoms with Crippen LogP contribution < -0.4 is 14.2 Å². The number of likely N-dealkylation sites (tertiary alicyclic amines) is 1. The average molecular weight is 466 g/mol. The summed E-state index contributed by atoms with van der Waals surface area (Å²) in [7, 11) is 1.56. The van der Waals surface area contributed by atoms with Gasteiger partial charge in [0.15, 0.2) is 11.5 Å². The fraction of sp³-hybridized carbons (Fsp3) is 0.360. The Morgan fingerprint density at radius 1 is 1.06 bits per heavy atom. The molecule has 0 bridgehead atoms. The highest BCUT2D eigenvalue weighted by atomic mass is 16.7. The third-order valence-electron chi connectivity index (χ3n) is 6.36. The first-order valence-electron chi connectivity index (χ1n) is 11.2. The first-order valence-corrected chi connectivity index (χ1v) is 11.2. The predicted molar refractivity (Wildman–Crippen MR) is 122 cm³/mol. The second kappa shape index (κ2) is 9.36. The van der Waals surface area contributed by atoms with Crippen LogP contribution in [0.15, 0.2) is 48.0 Å². The van der Waals surface area contributed by atoms with E-state index in [9.17, 15) is 14.7 Å². The SMILES string of the molecule is COc1cccc(C2/C(=C(/O)c3ccc4c(c3)OCO4)C(=O)C(=O)N2CCN2CCOCC2)c1. The fourth-order valence-corrected chi connectivity index (χ4v) is 4.54. The molecule has 0 spiro atoms. The normalized spacial score (nSPS) is 21.8. The summed E-state index contributed by atoms with van der Waals surface area (Å²) in [5, 5.41) is 11.3. The number of Topliss-reactive ketones (excluding diaryl/α,β-unsaturated/α-hetero) is 1. The van der Waals surface area contributed by atoms with Crippen LogP contribution in [0.4, 0.5) is 0 Å². The predicted octanol–water partition coefficient (Wildman–Crippen LogP) is 2.18. The van der Waals surface area contributed by atoms with Crippen LogP contribution >= 0.6 is 0 Å². The van der Waals surface area contributed by atoms with Gasteiger partial charge in [0, 0.05) is 31.7 Å². The molecule has 0 aliphatic carbocycles. The second-order valence-electron chi connectivity index (χ2n) is 8.29. The largest absolute Gasteiger partial charge is 0.507 e. The van der Waals surface area contributed by atoms with Gasteiger partial charge in [-0.15, -0.1) is 0 Å². The maximum atomic E-state index is 13.2. The Bertz CT molecular complexity index is 1140. The van der Waals surface area contributed by atoms with Crippen molar-refractivity contribution in [2.75, 3.05) is 53.3 Å². The highest BCUT2D eigenvalue weighted by Gasteiger charge is 2.46. The standard InChI is InChI=1S/C25H26N2O7/c1-31-18-4-2-3-16(13-18)22-21(23(28)17-5-6-19-20(14-17)34-15-33-19)24(29)25(30)27(22)8-7-26-9-11-32-12-10-26/h2-6,13-14,22,28H,7-12,15H2,1H3/b23-21-. The van der Waals surface area contributed by atoms with Gasteiger partial charge in [-0.25, -0.2) is 0 Å². The second-order valence-corrected chi connectivity index (χ2v) is 8.29. The van der Waals surface area contributed by atoms with Crippen molar-refractivity contribution in [1.82, 2.24) is 9.80 Å². The number of hydrogen-bond donors (Lipinski definition) is 1. The number of methoxy groups -OCH3 is 1. The third-order valence-corrected chi connectivity index (χ3v) is 6.36. The monoisotopic (exact) mass is 466 g/mol. The van der Waals surface area contributed by atoms with E-state index in [1.54, 1.807) is 43.5 Å². The van der Waals surface area contributed by atoms with Gasteiger partial charge in [0.05, 0.1) is 31.9 Å². The molecule has 178 valence electrons. The van der Waals surface area contributed by atoms with E-state index in [0.29, 0.717) is 54.7 Å². The van der Waals surface area contributed by atoms with Crippen LogP contribution in [0.1, 0.15) is 17.2 Å². The molecule has 1 unspecified atom stereocenters. The zero-order valence-corrected chi connectivity index (χ0v) is 18.9. The smallest absolute Gasteiger partial charge is 0.295 e. The van der Waals surface area contributed by atoms with Crippen LogP contribution in [0.2, 0.25) is 0 Å². The van der Waals surface area contributed by atoms with Crippen molar-refractivity contribution in [3.05, 3.63) is 59.2 Å². The molecule has 3 heterocycles. The number of benzene rings is 2. The van der Waals surface area contributed by atoms with E-state index in [1.165, 1.54) is 4.90 Å². The molecule has 9 heteroatoms. The number of carbonyl (C=O) groups is 2. The molecule has 2 aromatic rings. The summed E-state index contributed by atoms with van der Waals surface area (Å²) < 4.78 is 21.5. The fourth-order valence-electron chi connectivity index (χ4n) is 4.54. The van der Waals surface area contributed by atoms with Gasteiger partial charge in [-0.3, -0.25) is 14.5 Å². The maximum absolute atomic E-state index is 13.2. The molecule has 1 N–H and O–H groups in total. The summed E-state index contributed by atoms with van der Waals surface area (Å²) in [6.45, 7) is 3.85. The number of ketones is 1. The Morgan fingerprint density at radius 3 is 2.65 bits per heavy atom. The Hall–Kier alpha value is -3.56. The highest BCUT2D eigenvalue weighted by Crippen LogP contribution is 2.41. The number of aliphatic hydroxyl groups excluding tert-OH is 1. The minimum Gasteiger partial charge on any atom is -0.507 e. The van der Waals surface area contributed by atoms with Gasteiger partial charge < -0.3 is 29.0 Å². The average Bonchev–Trinajstić information content (AvgIpc) is 3.45. The number of carbonyl (C=O) groups excluding carboxylic acids is 2. The lowest BCUT2D eigenvalue weighted by Crippen LogP contribution is -2.42. The van der Waals surface area contributed by atoms with Crippen molar-refractivity contribution >= 4 is 17.4 Å². The van der Waals surface area contributed by atoms with E-state index < -0.39 is 17.7 Å². The molecule has 0 saturated carbocycles. The first-order chi connectivity index (χ1) is 16.6. The number of rotatable bonds is 6. The zero-order valence-electron chi connectivity index (χ0n) is 18.9. The van der Waals surface area contributed by atoms with Gasteiger partial charge in [-0.05, 0) is 35.9 Å². The molecule has 0 radical (unpaired) electrons. The topological polar surface area (TPSA) is 97.8 Å². The van der Waals surface area contributed by atoms with Crippen molar-refractivity contribution in [3.63, 3.8) is 0 Å². The van der Waals surface area contributed by atoms with Crippen molar-refractivity contribution in [3.8, 4) is 17.2 Å². The van der Waals surface area contributed by atoms with Gasteiger partial charge in [-0.1, -0.05) is 12.1 Å². The summed E-state index contributed by atoms with van der Waals surface area (Å²) in [5.74, 6) is 0.0291. The quantitative estimate of drug-likeness (QED) is 0.393. The van der Waals surface area contributed by atoms with Crippen molar-refractivity contribution in [2.45, 2.75) is 6.04 Å². The summed E-state index contributed by atoms with van der Waals surface area (Å²) in [4.78, 5) is 30.1. The lowest BCUT2D eigenvalue weighted by Gasteiger charge is -2.31. The highest BCUT2D eigenvalue weighted by molar-refractivity contribution is 6.46. The summed E-state index contributed by atoms with van der Waals surface area (Å²) in [6.07, 6.45) is 0. The molecule has 3 aliphatic heterocycles. The number of nitrogens with zero attached hydrogens (tertiary/aromatic N) is 2. The number of aliphatic hydroxyl groups is 1. The van der Waals surface area contributed by atoms with Crippen molar-refractivity contribution in [2.24, 2.45) is 0 Å². The van der Waals surface area contributed by atoms with Gasteiger partial charge in [0.2, 0.25) is 6.79 Å². The number of hydrogen-bond acceptors (Lipinski definition) is 8. The molecule has 0 aromatic heterocycles. The molecule has 9 nitrogen and oxygen atoms in total. The van der Waals surface area contributed by atoms with Crippen LogP contribution in [-0.4, -0.2) is 79.9 Å². The van der Waals surface area contributed by atoms with Crippen LogP contribution in [-0.2, 0) is 14.3 Å². The minimum absolute atomic E-state index is 0.0408. The lowest BCUT2D eigenvalue weighted by atomic mass is 9.95. The van der Waals surface area contributed by atoms with Crippen LogP contribution in [0, 0.1) is 0 Å². The van der Waals surface area contributed by atoms with Crippen LogP contribution in [0.3, 0.4) is 0 Å². The van der Waals surface area contributed by atoms with Crippen molar-refractivity contribution in [1.29, 1.82) is 0 Å². The van der Waals surface area contributed by atoms with Gasteiger partial charge in [-0.2, -0.15) is 0 Å². The van der Waals surface area contributed by atoms with Gasteiger partial charge >= 0.3 is 0 Å². The zero-order chi connectivity index (χ0) is 23.7. The molecule has 2 aromatic carbocycles. The van der Waals surface area contributed by atoms with E-state index in [0.717, 1.165) is 13.1 Å². The van der Waals surface area contributed by atoms with Gasteiger partial charge in [0.25, 0.3) is 11.7 Å². The maximum Gasteiger partial charge on any atom is 0.295 e. The lowest BCUT2D eigenvalue weighted by molar-refractivity contribution is -0.140. The molecule has 34 heavy (non-hydrogen) atoms. The van der Waals surface area contributed by atoms with Crippen LogP contribution in [0.25, 0.3) is 5.76 Å². The Labute approximate surface area is 197 Å². The third kappa shape index (κ3) is 4.08. The van der Waals surface area contributed by atoms with E-state index in [-0.39, 0.29) is 18.1 Å². The first kappa shape index (κ1) is 22.2. The summed E-state index contributed by atoms with van der Waals surface area (Å²) in [5.41, 5.74) is 1.10. The summed E-state index contributed by atoms with van der Waals surface area (Å²) in [6, 6.07) is 11.4. The van der Waals surface area contributed by atoms with E-state index in [4.69, 9.17) is 18.9 Å². The number of amides is 1. The van der Waals surface area contributed by atoms with Crippen LogP contribution in [0.5, 0.6) is 17.2 Å². The molecule has 2 fully saturated rings. The molecular weight excluding hydrogens is 440 g/mol. The van der Waals surface area contributed by atoms with E-state index >= 15 is 0 Å². The molecule has 1 atom stereocenters. The van der Waals surface area contributed by atoms with E-state index in [2.05, 4.69) is 4.90 Å². The van der Waals surface area contributed by atoms with Crippen molar-refractivity contribution < 1.29 is 33.6 Å². The number of morpholine rings is 1. The van der Waals surface area contributed by atoms with Gasteiger partial charge in [0.1, 0.15) is 11.5 Å². The molecular formula is C25H26N2O7. The number of ether oxygens (including phenoxy) is 4. The van der Waals surface area contributed by atoms with E-state index in [1.807, 2.05) is 6.07 Å². The summed E-state index contributed by atoms with van der Waals surface area (Å²) >= 11 is 0. The number of fused-ring (bicyclic) bond motifs is 1. The molecule has 5 rings (SSSR count). The molecule has 1 amide bonds. The molecule has 2 saturated heterocycles. The molecule has 3 aliphatic rings. The Balaban J connectivity index is 1.55. The Kier molecular flexibility index (Phi) is 6.12. The minimum atomic E-state index is -0.749. The Morgan fingerprint density at radius 2 is 1.85 bits per heavy atom.